The van der Waals surface area contributed by atoms with Crippen molar-refractivity contribution >= 4 is 29.1 Å². The van der Waals surface area contributed by atoms with E-state index in [9.17, 15) is 9.59 Å². The molecule has 1 fully saturated rings. The van der Waals surface area contributed by atoms with Gasteiger partial charge in [-0.15, -0.1) is 0 Å². The first-order valence-electron chi connectivity index (χ1n) is 15.2. The molecule has 1 aliphatic rings. The summed E-state index contributed by atoms with van der Waals surface area (Å²) in [4.78, 5) is 35.3. The zero-order valence-corrected chi connectivity index (χ0v) is 25.5. The van der Waals surface area contributed by atoms with Gasteiger partial charge in [0.15, 0.2) is 0 Å². The molecule has 0 saturated heterocycles. The summed E-state index contributed by atoms with van der Waals surface area (Å²) in [5, 5.41) is 9.57. The summed E-state index contributed by atoms with van der Waals surface area (Å²) < 4.78 is 0. The highest BCUT2D eigenvalue weighted by molar-refractivity contribution is 6.06. The van der Waals surface area contributed by atoms with Crippen LogP contribution in [0.25, 0.3) is 11.3 Å². The zero-order chi connectivity index (χ0) is 30.4. The van der Waals surface area contributed by atoms with Crippen LogP contribution < -0.4 is 16.0 Å². The van der Waals surface area contributed by atoms with Crippen molar-refractivity contribution in [1.29, 1.82) is 0 Å². The van der Waals surface area contributed by atoms with Crippen LogP contribution in [0.15, 0.2) is 79.0 Å². The van der Waals surface area contributed by atoms with Gasteiger partial charge < -0.3 is 16.0 Å². The molecule has 222 valence electrons. The molecule has 7 nitrogen and oxygen atoms in total. The molecule has 1 saturated carbocycles. The van der Waals surface area contributed by atoms with E-state index in [0.29, 0.717) is 17.1 Å². The molecule has 1 heterocycles. The average Bonchev–Trinajstić information content (AvgIpc) is 3.27. The monoisotopic (exact) mass is 575 g/mol. The number of carbonyl (C=O) groups is 2. The Morgan fingerprint density at radius 2 is 1.53 bits per heavy atom. The number of hydrogen-bond donors (Lipinski definition) is 3. The van der Waals surface area contributed by atoms with Crippen LogP contribution in [0.3, 0.4) is 0 Å². The predicted molar refractivity (Wildman–Crippen MR) is 174 cm³/mol. The van der Waals surface area contributed by atoms with Gasteiger partial charge in [-0.05, 0) is 78.8 Å². The number of carbonyl (C=O) groups excluding carboxylic acids is 2. The summed E-state index contributed by atoms with van der Waals surface area (Å²) in [6.07, 6.45) is 8.69. The Labute approximate surface area is 254 Å². The lowest BCUT2D eigenvalue weighted by atomic mass is 9.83. The maximum Gasteiger partial charge on any atom is 0.255 e. The summed E-state index contributed by atoms with van der Waals surface area (Å²) in [6, 6.07) is 23.1. The third-order valence-corrected chi connectivity index (χ3v) is 8.09. The van der Waals surface area contributed by atoms with Crippen molar-refractivity contribution in [2.24, 2.45) is 0 Å². The largest absolute Gasteiger partial charge is 0.349 e. The Bertz CT molecular complexity index is 1580. The molecule has 1 aromatic heterocycles. The van der Waals surface area contributed by atoms with Gasteiger partial charge in [-0.3, -0.25) is 9.59 Å². The van der Waals surface area contributed by atoms with Gasteiger partial charge in [-0.1, -0.05) is 76.8 Å². The minimum Gasteiger partial charge on any atom is -0.349 e. The van der Waals surface area contributed by atoms with Crippen LogP contribution in [0.5, 0.6) is 0 Å². The summed E-state index contributed by atoms with van der Waals surface area (Å²) in [5.74, 6) is 0.282. The predicted octanol–water partition coefficient (Wildman–Crippen LogP) is 8.20. The number of nitrogens with one attached hydrogen (secondary N) is 3. The number of rotatable bonds is 7. The lowest BCUT2D eigenvalue weighted by molar-refractivity contribution is 0.0932. The first kappa shape index (κ1) is 30.0. The van der Waals surface area contributed by atoms with Gasteiger partial charge in [-0.2, -0.15) is 0 Å². The van der Waals surface area contributed by atoms with Gasteiger partial charge >= 0.3 is 0 Å². The van der Waals surface area contributed by atoms with E-state index in [1.54, 1.807) is 6.20 Å². The van der Waals surface area contributed by atoms with E-state index in [0.717, 1.165) is 46.6 Å². The molecular formula is C36H41N5O2. The van der Waals surface area contributed by atoms with Crippen LogP contribution in [0.4, 0.5) is 17.3 Å². The first-order chi connectivity index (χ1) is 20.7. The van der Waals surface area contributed by atoms with Crippen LogP contribution >= 0.6 is 0 Å². The maximum absolute atomic E-state index is 13.3. The Kier molecular flexibility index (Phi) is 9.19. The van der Waals surface area contributed by atoms with E-state index in [2.05, 4.69) is 41.7 Å². The fraction of sp³-hybridized carbons (Fsp3) is 0.333. The molecule has 3 N–H and O–H groups in total. The van der Waals surface area contributed by atoms with E-state index in [-0.39, 0.29) is 23.3 Å². The van der Waals surface area contributed by atoms with Crippen molar-refractivity contribution < 1.29 is 9.59 Å². The third-order valence-electron chi connectivity index (χ3n) is 8.09. The number of hydrogen-bond acceptors (Lipinski definition) is 5. The van der Waals surface area contributed by atoms with Gasteiger partial charge in [0.1, 0.15) is 0 Å². The number of amides is 2. The van der Waals surface area contributed by atoms with Gasteiger partial charge in [0.25, 0.3) is 11.8 Å². The second-order valence-corrected chi connectivity index (χ2v) is 12.4. The minimum absolute atomic E-state index is 0.0268. The Morgan fingerprint density at radius 1 is 0.814 bits per heavy atom. The SMILES string of the molecule is Cc1c(NC(=O)c2ccccc2C(C)(C)C)cccc1-c1ccnc(Nc2ccc(C(=O)NC3CCCCCC3)cc2)n1. The second kappa shape index (κ2) is 13.2. The highest BCUT2D eigenvalue weighted by Crippen LogP contribution is 2.30. The Morgan fingerprint density at radius 3 is 2.26 bits per heavy atom. The topological polar surface area (TPSA) is 96.0 Å². The molecule has 1 aliphatic carbocycles. The van der Waals surface area contributed by atoms with Crippen LogP contribution in [0.2, 0.25) is 0 Å². The lowest BCUT2D eigenvalue weighted by Crippen LogP contribution is -2.34. The quantitative estimate of drug-likeness (QED) is 0.193. The molecule has 0 bridgehead atoms. The molecule has 0 aliphatic heterocycles. The molecular weight excluding hydrogens is 534 g/mol. The lowest BCUT2D eigenvalue weighted by Gasteiger charge is -2.22. The first-order valence-corrected chi connectivity index (χ1v) is 15.2. The molecule has 43 heavy (non-hydrogen) atoms. The molecule has 4 aromatic rings. The molecule has 2 amide bonds. The highest BCUT2D eigenvalue weighted by Gasteiger charge is 2.22. The van der Waals surface area contributed by atoms with E-state index in [1.165, 1.54) is 25.7 Å². The van der Waals surface area contributed by atoms with E-state index in [4.69, 9.17) is 4.98 Å². The van der Waals surface area contributed by atoms with Crippen molar-refractivity contribution in [3.8, 4) is 11.3 Å². The van der Waals surface area contributed by atoms with Crippen LogP contribution in [0.1, 0.15) is 91.1 Å². The number of nitrogens with zero attached hydrogens (tertiary/aromatic N) is 2. The summed E-state index contributed by atoms with van der Waals surface area (Å²) >= 11 is 0. The minimum atomic E-state index is -0.156. The summed E-state index contributed by atoms with van der Waals surface area (Å²) in [7, 11) is 0. The van der Waals surface area contributed by atoms with Gasteiger partial charge in [0.2, 0.25) is 5.95 Å². The standard InChI is InChI=1S/C36H41N5O2/c1-24-28(15-11-17-31(24)40-34(43)29-14-9-10-16-30(29)36(2,3)4)32-22-23-37-35(41-32)39-27-20-18-25(19-21-27)33(42)38-26-12-7-5-6-8-13-26/h9-11,14-23,26H,5-8,12-13H2,1-4H3,(H,38,42)(H,40,43)(H,37,39,41). The van der Waals surface area contributed by atoms with E-state index in [1.807, 2.05) is 79.7 Å². The fourth-order valence-electron chi connectivity index (χ4n) is 5.67. The summed E-state index contributed by atoms with van der Waals surface area (Å²) in [5.41, 5.74) is 6.23. The van der Waals surface area contributed by atoms with Gasteiger partial charge in [-0.25, -0.2) is 9.97 Å². The molecule has 3 aromatic carbocycles. The summed E-state index contributed by atoms with van der Waals surface area (Å²) in [6.45, 7) is 8.30. The van der Waals surface area contributed by atoms with Crippen molar-refractivity contribution in [3.63, 3.8) is 0 Å². The average molecular weight is 576 g/mol. The number of benzene rings is 3. The highest BCUT2D eigenvalue weighted by atomic mass is 16.2. The molecule has 5 rings (SSSR count). The second-order valence-electron chi connectivity index (χ2n) is 12.4. The van der Waals surface area contributed by atoms with Crippen molar-refractivity contribution in [2.75, 3.05) is 10.6 Å². The van der Waals surface area contributed by atoms with Crippen molar-refractivity contribution in [2.45, 2.75) is 77.7 Å². The normalized spacial score (nSPS) is 14.0. The third kappa shape index (κ3) is 7.47. The van der Waals surface area contributed by atoms with Crippen molar-refractivity contribution in [3.05, 3.63) is 101 Å². The molecule has 0 unspecified atom stereocenters. The zero-order valence-electron chi connectivity index (χ0n) is 25.5. The van der Waals surface area contributed by atoms with Gasteiger partial charge in [0.05, 0.1) is 5.69 Å². The molecule has 0 atom stereocenters. The molecule has 0 spiro atoms. The fourth-order valence-corrected chi connectivity index (χ4v) is 5.67. The number of anilines is 3. The number of aromatic nitrogens is 2. The van der Waals surface area contributed by atoms with E-state index >= 15 is 0 Å². The van der Waals surface area contributed by atoms with Crippen LogP contribution in [-0.2, 0) is 5.41 Å². The van der Waals surface area contributed by atoms with E-state index < -0.39 is 0 Å². The van der Waals surface area contributed by atoms with Crippen LogP contribution in [0, 0.1) is 6.92 Å². The van der Waals surface area contributed by atoms with Gasteiger partial charge in [0, 0.05) is 40.3 Å². The molecule has 7 heteroatoms. The van der Waals surface area contributed by atoms with Crippen molar-refractivity contribution in [1.82, 2.24) is 15.3 Å². The van der Waals surface area contributed by atoms with Crippen LogP contribution in [-0.4, -0.2) is 27.8 Å². The maximum atomic E-state index is 13.3. The smallest absolute Gasteiger partial charge is 0.255 e. The Balaban J connectivity index is 1.28. The Hall–Kier alpha value is -4.52. The molecule has 0 radical (unpaired) electrons.